The first-order valence-corrected chi connectivity index (χ1v) is 13.7. The van der Waals surface area contributed by atoms with Gasteiger partial charge in [-0.3, -0.25) is 14.4 Å². The Hall–Kier alpha value is -1.68. The first-order chi connectivity index (χ1) is 16.9. The first-order valence-electron chi connectivity index (χ1n) is 12.4. The molecule has 35 heavy (non-hydrogen) atoms. The fraction of sp³-hybridized carbons (Fsp3) is 0.640. The average Bonchev–Trinajstić information content (AvgIpc) is 3.42. The van der Waals surface area contributed by atoms with E-state index in [1.807, 2.05) is 6.92 Å². The van der Waals surface area contributed by atoms with Crippen LogP contribution in [0.3, 0.4) is 0 Å². The molecule has 3 aliphatic heterocycles. The lowest BCUT2D eigenvalue weighted by Gasteiger charge is -2.34. The first kappa shape index (κ1) is 26.4. The van der Waals surface area contributed by atoms with E-state index in [0.717, 1.165) is 19.3 Å². The number of alkyl halides is 1. The smallest absolute Gasteiger partial charge is 0.250 e. The molecule has 0 saturated carbocycles. The molecular weight excluding hydrogens is 538 g/mol. The predicted octanol–water partition coefficient (Wildman–Crippen LogP) is 3.11. The lowest BCUT2D eigenvalue weighted by atomic mass is 9.70. The Labute approximate surface area is 219 Å². The SMILES string of the molecule is CCCNC(=O)[C@H]1[C@@H]2OC3(CC2Br)C(C(=O)Nc2ccccc2Cl)N(CCCCCCO)C(=O)[C@H]13. The summed E-state index contributed by atoms with van der Waals surface area (Å²) in [4.78, 5) is 42.2. The molecule has 3 N–H and O–H groups in total. The van der Waals surface area contributed by atoms with Gasteiger partial charge in [0.15, 0.2) is 0 Å². The van der Waals surface area contributed by atoms with Gasteiger partial charge in [-0.15, -0.1) is 0 Å². The number of aliphatic hydroxyl groups is 1. The number of amides is 3. The highest BCUT2D eigenvalue weighted by atomic mass is 79.9. The zero-order valence-corrected chi connectivity index (χ0v) is 22.2. The number of ether oxygens (including phenoxy) is 1. The van der Waals surface area contributed by atoms with E-state index in [0.29, 0.717) is 43.1 Å². The zero-order chi connectivity index (χ0) is 25.2. The lowest BCUT2D eigenvalue weighted by Crippen LogP contribution is -2.54. The van der Waals surface area contributed by atoms with Crippen molar-refractivity contribution in [2.75, 3.05) is 25.0 Å². The molecular formula is C25H33BrClN3O5. The summed E-state index contributed by atoms with van der Waals surface area (Å²) in [6.07, 6.45) is 3.84. The van der Waals surface area contributed by atoms with Crippen LogP contribution in [0.4, 0.5) is 5.69 Å². The number of nitrogens with zero attached hydrogens (tertiary/aromatic N) is 1. The van der Waals surface area contributed by atoms with Gasteiger partial charge in [-0.25, -0.2) is 0 Å². The molecule has 0 aromatic heterocycles. The van der Waals surface area contributed by atoms with E-state index in [1.54, 1.807) is 29.2 Å². The number of nitrogens with one attached hydrogen (secondary N) is 2. The van der Waals surface area contributed by atoms with Crippen molar-refractivity contribution in [1.29, 1.82) is 0 Å². The number of halogens is 2. The van der Waals surface area contributed by atoms with Crippen LogP contribution in [0, 0.1) is 11.8 Å². The molecule has 1 spiro atoms. The molecule has 8 nitrogen and oxygen atoms in total. The van der Waals surface area contributed by atoms with Gasteiger partial charge in [0, 0.05) is 24.5 Å². The number of fused-ring (bicyclic) bond motifs is 1. The van der Waals surface area contributed by atoms with Crippen LogP contribution in [-0.4, -0.2) is 70.0 Å². The van der Waals surface area contributed by atoms with Crippen molar-refractivity contribution in [3.63, 3.8) is 0 Å². The van der Waals surface area contributed by atoms with Gasteiger partial charge in [0.25, 0.3) is 0 Å². The van der Waals surface area contributed by atoms with Gasteiger partial charge in [-0.1, -0.05) is 59.4 Å². The number of hydrogen-bond donors (Lipinski definition) is 3. The molecule has 3 unspecified atom stereocenters. The number of likely N-dealkylation sites (tertiary alicyclic amines) is 1. The molecule has 4 rings (SSSR count). The number of aliphatic hydroxyl groups excluding tert-OH is 1. The predicted molar refractivity (Wildman–Crippen MR) is 136 cm³/mol. The topological polar surface area (TPSA) is 108 Å². The quantitative estimate of drug-likeness (QED) is 0.280. The summed E-state index contributed by atoms with van der Waals surface area (Å²) in [5.74, 6) is -2.12. The van der Waals surface area contributed by atoms with Crippen molar-refractivity contribution in [2.45, 2.75) is 68.0 Å². The summed E-state index contributed by atoms with van der Waals surface area (Å²) < 4.78 is 6.46. The summed E-state index contributed by atoms with van der Waals surface area (Å²) in [5.41, 5.74) is -0.616. The van der Waals surface area contributed by atoms with E-state index in [1.165, 1.54) is 0 Å². The standard InChI is InChI=1S/C25H33BrClN3O5/c1-2-11-28-22(32)18-19-24(34)30(12-7-3-4-8-13-31)21(25(19)14-15(26)20(18)35-25)23(33)29-17-10-6-5-9-16(17)27/h5-6,9-10,15,18-21,31H,2-4,7-8,11-14H2,1H3,(H,28,32)(H,29,33)/t15?,18-,19+,20-,21?,25?/m1/s1. The van der Waals surface area contributed by atoms with Crippen LogP contribution in [0.1, 0.15) is 45.4 Å². The van der Waals surface area contributed by atoms with E-state index >= 15 is 0 Å². The maximum Gasteiger partial charge on any atom is 0.250 e. The van der Waals surface area contributed by atoms with Gasteiger partial charge in [0.05, 0.1) is 28.6 Å². The molecule has 1 aromatic carbocycles. The summed E-state index contributed by atoms with van der Waals surface area (Å²) in [7, 11) is 0. The fourth-order valence-corrected chi connectivity index (χ4v) is 6.97. The number of para-hydroxylation sites is 1. The van der Waals surface area contributed by atoms with Gasteiger partial charge in [-0.2, -0.15) is 0 Å². The minimum Gasteiger partial charge on any atom is -0.396 e. The minimum absolute atomic E-state index is 0.132. The van der Waals surface area contributed by atoms with Crippen molar-refractivity contribution in [1.82, 2.24) is 10.2 Å². The maximum absolute atomic E-state index is 13.8. The Morgan fingerprint density at radius 3 is 2.69 bits per heavy atom. The molecule has 192 valence electrons. The van der Waals surface area contributed by atoms with Crippen molar-refractivity contribution in [3.05, 3.63) is 29.3 Å². The summed E-state index contributed by atoms with van der Waals surface area (Å²) >= 11 is 9.96. The zero-order valence-electron chi connectivity index (χ0n) is 19.8. The van der Waals surface area contributed by atoms with Gasteiger partial charge in [0.1, 0.15) is 11.6 Å². The highest BCUT2D eigenvalue weighted by Gasteiger charge is 2.76. The van der Waals surface area contributed by atoms with E-state index in [2.05, 4.69) is 26.6 Å². The Kier molecular flexibility index (Phi) is 8.41. The molecule has 3 heterocycles. The summed E-state index contributed by atoms with van der Waals surface area (Å²) in [6.45, 7) is 3.01. The van der Waals surface area contributed by atoms with Gasteiger partial charge in [0.2, 0.25) is 17.7 Å². The Morgan fingerprint density at radius 1 is 1.23 bits per heavy atom. The fourth-order valence-electron chi connectivity index (χ4n) is 5.85. The second-order valence-electron chi connectivity index (χ2n) is 9.59. The van der Waals surface area contributed by atoms with Crippen molar-refractivity contribution < 1.29 is 24.2 Å². The van der Waals surface area contributed by atoms with Crippen LogP contribution in [0.25, 0.3) is 0 Å². The number of unbranched alkanes of at least 4 members (excludes halogenated alkanes) is 3. The second kappa shape index (κ2) is 11.2. The molecule has 2 bridgehead atoms. The van der Waals surface area contributed by atoms with Gasteiger partial charge >= 0.3 is 0 Å². The Morgan fingerprint density at radius 2 is 1.97 bits per heavy atom. The van der Waals surface area contributed by atoms with Crippen molar-refractivity contribution in [2.24, 2.45) is 11.8 Å². The van der Waals surface area contributed by atoms with E-state index in [-0.39, 0.29) is 29.2 Å². The Bertz CT molecular complexity index is 965. The molecule has 0 radical (unpaired) electrons. The van der Waals surface area contributed by atoms with E-state index < -0.39 is 29.6 Å². The molecule has 3 fully saturated rings. The number of hydrogen-bond acceptors (Lipinski definition) is 5. The van der Waals surface area contributed by atoms with Crippen LogP contribution in [0.5, 0.6) is 0 Å². The number of carbonyl (C=O) groups excluding carboxylic acids is 3. The highest BCUT2D eigenvalue weighted by molar-refractivity contribution is 9.09. The molecule has 3 aliphatic rings. The number of carbonyl (C=O) groups is 3. The van der Waals surface area contributed by atoms with Crippen LogP contribution in [-0.2, 0) is 19.1 Å². The monoisotopic (exact) mass is 569 g/mol. The molecule has 6 atom stereocenters. The lowest BCUT2D eigenvalue weighted by molar-refractivity contribution is -0.140. The molecule has 10 heteroatoms. The van der Waals surface area contributed by atoms with Crippen LogP contribution >= 0.6 is 27.5 Å². The normalized spacial score (nSPS) is 31.0. The third-order valence-electron chi connectivity index (χ3n) is 7.33. The largest absolute Gasteiger partial charge is 0.396 e. The van der Waals surface area contributed by atoms with E-state index in [9.17, 15) is 14.4 Å². The maximum atomic E-state index is 13.8. The van der Waals surface area contributed by atoms with Gasteiger partial charge in [-0.05, 0) is 37.8 Å². The van der Waals surface area contributed by atoms with E-state index in [4.69, 9.17) is 21.4 Å². The third-order valence-corrected chi connectivity index (χ3v) is 8.50. The van der Waals surface area contributed by atoms with Crippen molar-refractivity contribution >= 4 is 50.9 Å². The molecule has 3 saturated heterocycles. The number of benzene rings is 1. The Balaban J connectivity index is 1.64. The van der Waals surface area contributed by atoms with Crippen LogP contribution in [0.15, 0.2) is 24.3 Å². The summed E-state index contributed by atoms with van der Waals surface area (Å²) in [5, 5.41) is 15.3. The highest BCUT2D eigenvalue weighted by Crippen LogP contribution is 2.60. The van der Waals surface area contributed by atoms with Gasteiger partial charge < -0.3 is 25.4 Å². The number of rotatable bonds is 11. The average molecular weight is 571 g/mol. The summed E-state index contributed by atoms with van der Waals surface area (Å²) in [6, 6.07) is 6.09. The second-order valence-corrected chi connectivity index (χ2v) is 11.2. The van der Waals surface area contributed by atoms with Crippen molar-refractivity contribution in [3.8, 4) is 0 Å². The molecule has 1 aromatic rings. The third kappa shape index (κ3) is 4.84. The van der Waals surface area contributed by atoms with Crippen LogP contribution in [0.2, 0.25) is 5.02 Å². The number of anilines is 1. The molecule has 3 amide bonds. The van der Waals surface area contributed by atoms with Crippen LogP contribution < -0.4 is 10.6 Å². The molecule has 0 aliphatic carbocycles. The minimum atomic E-state index is -1.08.